The van der Waals surface area contributed by atoms with Gasteiger partial charge in [0.1, 0.15) is 5.03 Å². The molecule has 6 heteroatoms. The van der Waals surface area contributed by atoms with Gasteiger partial charge in [-0.2, -0.15) is 0 Å². The highest BCUT2D eigenvalue weighted by molar-refractivity contribution is 7.99. The third-order valence-electron chi connectivity index (χ3n) is 5.17. The molecule has 5 nitrogen and oxygen atoms in total. The molecule has 1 aliphatic rings. The number of likely N-dealkylation sites (tertiary alicyclic amines) is 1. The van der Waals surface area contributed by atoms with Gasteiger partial charge >= 0.3 is 0 Å². The molecular weight excluding hydrogens is 370 g/mol. The second-order valence-corrected chi connectivity index (χ2v) is 7.97. The number of hydrogen-bond acceptors (Lipinski definition) is 4. The molecule has 1 saturated heterocycles. The highest BCUT2D eigenvalue weighted by atomic mass is 32.2. The van der Waals surface area contributed by atoms with Crippen LogP contribution >= 0.6 is 11.8 Å². The first-order chi connectivity index (χ1) is 13.6. The van der Waals surface area contributed by atoms with Crippen LogP contribution in [-0.4, -0.2) is 52.8 Å². The topological polar surface area (TPSA) is 53.5 Å². The number of benzene rings is 1. The van der Waals surface area contributed by atoms with Gasteiger partial charge in [-0.1, -0.05) is 17.8 Å². The van der Waals surface area contributed by atoms with Crippen molar-refractivity contribution in [3.8, 4) is 0 Å². The molecule has 2 aromatic rings. The molecule has 1 aromatic carbocycles. The standard InChI is InChI=1S/C22H27N3O2S/c1-3-24(4-2)21(26)18-12-15-25(16-13-18)22(27)17-8-10-19(11-9-17)28-20-7-5-6-14-23-20/h5-11,14,18H,3-4,12-13,15-16H2,1-2H3. The first-order valence-electron chi connectivity index (χ1n) is 9.89. The van der Waals surface area contributed by atoms with Crippen LogP contribution in [0.25, 0.3) is 0 Å². The fourth-order valence-corrected chi connectivity index (χ4v) is 4.27. The maximum Gasteiger partial charge on any atom is 0.253 e. The molecule has 0 aliphatic carbocycles. The highest BCUT2D eigenvalue weighted by Gasteiger charge is 2.29. The number of hydrogen-bond donors (Lipinski definition) is 0. The Morgan fingerprint density at radius 3 is 2.32 bits per heavy atom. The number of aromatic nitrogens is 1. The molecule has 1 aliphatic heterocycles. The second kappa shape index (κ2) is 9.73. The van der Waals surface area contributed by atoms with E-state index in [2.05, 4.69) is 4.98 Å². The third-order valence-corrected chi connectivity index (χ3v) is 6.13. The molecule has 1 fully saturated rings. The number of rotatable bonds is 6. The molecule has 0 N–H and O–H groups in total. The summed E-state index contributed by atoms with van der Waals surface area (Å²) in [6, 6.07) is 13.5. The lowest BCUT2D eigenvalue weighted by atomic mass is 9.94. The van der Waals surface area contributed by atoms with Crippen LogP contribution in [0.1, 0.15) is 37.0 Å². The molecule has 1 aromatic heterocycles. The number of pyridine rings is 1. The van der Waals surface area contributed by atoms with Crippen molar-refractivity contribution >= 4 is 23.6 Å². The maximum absolute atomic E-state index is 12.8. The van der Waals surface area contributed by atoms with Crippen LogP contribution < -0.4 is 0 Å². The van der Waals surface area contributed by atoms with Gasteiger partial charge in [0.15, 0.2) is 0 Å². The maximum atomic E-state index is 12.8. The Kier molecular flexibility index (Phi) is 7.09. The molecule has 0 spiro atoms. The number of carbonyl (C=O) groups excluding carboxylic acids is 2. The minimum Gasteiger partial charge on any atom is -0.343 e. The average molecular weight is 398 g/mol. The summed E-state index contributed by atoms with van der Waals surface area (Å²) in [6.45, 7) is 6.79. The Morgan fingerprint density at radius 1 is 1.07 bits per heavy atom. The van der Waals surface area contributed by atoms with Crippen LogP contribution in [-0.2, 0) is 4.79 Å². The van der Waals surface area contributed by atoms with Crippen molar-refractivity contribution in [1.82, 2.24) is 14.8 Å². The number of carbonyl (C=O) groups is 2. The molecule has 2 amide bonds. The summed E-state index contributed by atoms with van der Waals surface area (Å²) in [5.74, 6) is 0.317. The van der Waals surface area contributed by atoms with Gasteiger partial charge in [-0.3, -0.25) is 9.59 Å². The lowest BCUT2D eigenvalue weighted by Crippen LogP contribution is -2.44. The zero-order valence-electron chi connectivity index (χ0n) is 16.5. The van der Waals surface area contributed by atoms with E-state index in [4.69, 9.17) is 0 Å². The summed E-state index contributed by atoms with van der Waals surface area (Å²) in [7, 11) is 0. The lowest BCUT2D eigenvalue weighted by Gasteiger charge is -2.33. The number of piperidine rings is 1. The first kappa shape index (κ1) is 20.4. The van der Waals surface area contributed by atoms with Crippen molar-refractivity contribution in [3.63, 3.8) is 0 Å². The van der Waals surface area contributed by atoms with Gasteiger partial charge in [0.05, 0.1) is 0 Å². The van der Waals surface area contributed by atoms with Gasteiger partial charge in [-0.15, -0.1) is 0 Å². The summed E-state index contributed by atoms with van der Waals surface area (Å²) in [5.41, 5.74) is 0.693. The van der Waals surface area contributed by atoms with E-state index in [0.717, 1.165) is 35.9 Å². The van der Waals surface area contributed by atoms with Gasteiger partial charge in [0.2, 0.25) is 5.91 Å². The lowest BCUT2D eigenvalue weighted by molar-refractivity contribution is -0.136. The zero-order valence-corrected chi connectivity index (χ0v) is 17.3. The van der Waals surface area contributed by atoms with Gasteiger partial charge in [-0.05, 0) is 63.1 Å². The van der Waals surface area contributed by atoms with Crippen molar-refractivity contribution in [1.29, 1.82) is 0 Å². The van der Waals surface area contributed by atoms with Crippen LogP contribution in [0, 0.1) is 5.92 Å². The van der Waals surface area contributed by atoms with E-state index < -0.39 is 0 Å². The quantitative estimate of drug-likeness (QED) is 0.741. The highest BCUT2D eigenvalue weighted by Crippen LogP contribution is 2.26. The molecule has 0 atom stereocenters. The van der Waals surface area contributed by atoms with Crippen molar-refractivity contribution in [3.05, 3.63) is 54.2 Å². The minimum atomic E-state index is 0.0427. The third kappa shape index (κ3) is 4.93. The summed E-state index contributed by atoms with van der Waals surface area (Å²) in [4.78, 5) is 34.4. The Hall–Kier alpha value is -2.34. The first-order valence-corrected chi connectivity index (χ1v) is 10.7. The predicted molar refractivity (Wildman–Crippen MR) is 111 cm³/mol. The van der Waals surface area contributed by atoms with E-state index in [1.165, 1.54) is 0 Å². The molecule has 0 radical (unpaired) electrons. The van der Waals surface area contributed by atoms with Crippen molar-refractivity contribution in [2.45, 2.75) is 36.6 Å². The molecular formula is C22H27N3O2S. The van der Waals surface area contributed by atoms with E-state index in [1.807, 2.05) is 66.1 Å². The van der Waals surface area contributed by atoms with Gasteiger partial charge in [-0.25, -0.2) is 4.98 Å². The molecule has 28 heavy (non-hydrogen) atoms. The van der Waals surface area contributed by atoms with E-state index in [-0.39, 0.29) is 17.7 Å². The Balaban J connectivity index is 1.55. The van der Waals surface area contributed by atoms with E-state index >= 15 is 0 Å². The summed E-state index contributed by atoms with van der Waals surface area (Å²) in [6.07, 6.45) is 3.26. The molecule has 0 saturated carbocycles. The zero-order chi connectivity index (χ0) is 19.9. The Labute approximate surface area is 171 Å². The fourth-order valence-electron chi connectivity index (χ4n) is 3.50. The van der Waals surface area contributed by atoms with E-state index in [9.17, 15) is 9.59 Å². The smallest absolute Gasteiger partial charge is 0.253 e. The average Bonchev–Trinajstić information content (AvgIpc) is 2.75. The monoisotopic (exact) mass is 397 g/mol. The van der Waals surface area contributed by atoms with E-state index in [0.29, 0.717) is 18.7 Å². The predicted octanol–water partition coefficient (Wildman–Crippen LogP) is 3.95. The normalized spacial score (nSPS) is 14.7. The molecule has 0 unspecified atom stereocenters. The van der Waals surface area contributed by atoms with Crippen molar-refractivity contribution < 1.29 is 9.59 Å². The molecule has 0 bridgehead atoms. The van der Waals surface area contributed by atoms with Gasteiger partial charge < -0.3 is 9.80 Å². The SMILES string of the molecule is CCN(CC)C(=O)C1CCN(C(=O)c2ccc(Sc3ccccn3)cc2)CC1. The van der Waals surface area contributed by atoms with Crippen molar-refractivity contribution in [2.75, 3.05) is 26.2 Å². The van der Waals surface area contributed by atoms with Crippen LogP contribution in [0.5, 0.6) is 0 Å². The Morgan fingerprint density at radius 2 is 1.75 bits per heavy atom. The summed E-state index contributed by atoms with van der Waals surface area (Å²) >= 11 is 1.58. The molecule has 3 rings (SSSR count). The van der Waals surface area contributed by atoms with Crippen LogP contribution in [0.15, 0.2) is 58.6 Å². The summed E-state index contributed by atoms with van der Waals surface area (Å²) < 4.78 is 0. The Bertz CT molecular complexity index is 783. The molecule has 148 valence electrons. The largest absolute Gasteiger partial charge is 0.343 e. The second-order valence-electron chi connectivity index (χ2n) is 6.87. The van der Waals surface area contributed by atoms with Gasteiger partial charge in [0, 0.05) is 48.8 Å². The van der Waals surface area contributed by atoms with Gasteiger partial charge in [0.25, 0.3) is 5.91 Å². The molecule has 2 heterocycles. The summed E-state index contributed by atoms with van der Waals surface area (Å²) in [5, 5.41) is 0.932. The minimum absolute atomic E-state index is 0.0427. The van der Waals surface area contributed by atoms with Crippen LogP contribution in [0.2, 0.25) is 0 Å². The van der Waals surface area contributed by atoms with E-state index in [1.54, 1.807) is 18.0 Å². The van der Waals surface area contributed by atoms with Crippen LogP contribution in [0.4, 0.5) is 0 Å². The van der Waals surface area contributed by atoms with Crippen LogP contribution in [0.3, 0.4) is 0 Å². The fraction of sp³-hybridized carbons (Fsp3) is 0.409. The number of nitrogens with zero attached hydrogens (tertiary/aromatic N) is 3. The van der Waals surface area contributed by atoms with Crippen molar-refractivity contribution in [2.24, 2.45) is 5.92 Å². The number of amides is 2.